The molecule has 2 bridgehead atoms. The summed E-state index contributed by atoms with van der Waals surface area (Å²) in [5.41, 5.74) is 4.13. The molecule has 6 nitrogen and oxygen atoms in total. The van der Waals surface area contributed by atoms with Gasteiger partial charge in [0.1, 0.15) is 5.69 Å². The molecule has 2 atom stereocenters. The van der Waals surface area contributed by atoms with Crippen LogP contribution in [0.4, 0.5) is 11.4 Å². The van der Waals surface area contributed by atoms with E-state index in [1.54, 1.807) is 6.07 Å². The van der Waals surface area contributed by atoms with E-state index in [9.17, 15) is 19.7 Å². The van der Waals surface area contributed by atoms with Crippen molar-refractivity contribution in [2.24, 2.45) is 11.8 Å². The molecule has 1 aliphatic heterocycles. The Kier molecular flexibility index (Phi) is 3.34. The molecule has 7 rings (SSSR count). The Morgan fingerprint density at radius 1 is 0.667 bits per heavy atom. The summed E-state index contributed by atoms with van der Waals surface area (Å²) in [4.78, 5) is 39.3. The van der Waals surface area contributed by atoms with Gasteiger partial charge in [-0.25, -0.2) is 4.90 Å². The van der Waals surface area contributed by atoms with E-state index in [2.05, 4.69) is 0 Å². The third-order valence-corrected chi connectivity index (χ3v) is 6.77. The van der Waals surface area contributed by atoms with Gasteiger partial charge in [0.15, 0.2) is 0 Å². The fourth-order valence-electron chi connectivity index (χ4n) is 5.72. The normalized spacial score (nSPS) is 25.7. The van der Waals surface area contributed by atoms with Crippen LogP contribution in [0.15, 0.2) is 72.8 Å². The van der Waals surface area contributed by atoms with Gasteiger partial charge >= 0.3 is 0 Å². The van der Waals surface area contributed by atoms with Crippen LogP contribution in [0.2, 0.25) is 0 Å². The molecule has 4 aliphatic rings. The standard InChI is InChI=1S/C24H16N2O4/c27-23-21-19-13-7-1-2-8-14(13)20(16-10-4-3-9-15(16)19)22(21)24(28)25(23)17-11-5-6-12-18(17)26(29)30/h1-12,19-22H/t19?,20?,21-,22-/m0/s1. The Morgan fingerprint density at radius 3 is 1.50 bits per heavy atom. The summed E-state index contributed by atoms with van der Waals surface area (Å²) in [5, 5.41) is 11.6. The van der Waals surface area contributed by atoms with Crippen LogP contribution in [-0.2, 0) is 9.59 Å². The summed E-state index contributed by atoms with van der Waals surface area (Å²) in [5.74, 6) is -2.25. The predicted octanol–water partition coefficient (Wildman–Crippen LogP) is 3.99. The molecule has 1 fully saturated rings. The SMILES string of the molecule is O=C1[C@H]2C3c4ccccc4C(c4ccccc43)[C@@H]2C(=O)N1c1ccccc1[N+](=O)[O-]. The van der Waals surface area contributed by atoms with Crippen molar-refractivity contribution in [3.05, 3.63) is 105 Å². The number of rotatable bonds is 2. The number of imide groups is 1. The zero-order chi connectivity index (χ0) is 20.6. The van der Waals surface area contributed by atoms with E-state index < -0.39 is 16.8 Å². The second kappa shape index (κ2) is 5.86. The maximum Gasteiger partial charge on any atom is 0.293 e. The van der Waals surface area contributed by atoms with E-state index >= 15 is 0 Å². The predicted molar refractivity (Wildman–Crippen MR) is 109 cm³/mol. The maximum atomic E-state index is 13.6. The second-order valence-electron chi connectivity index (χ2n) is 8.02. The highest BCUT2D eigenvalue weighted by molar-refractivity contribution is 6.24. The molecule has 0 saturated carbocycles. The Labute approximate surface area is 171 Å². The molecule has 3 aromatic carbocycles. The summed E-state index contributed by atoms with van der Waals surface area (Å²) in [6, 6.07) is 21.9. The molecule has 3 aromatic rings. The van der Waals surface area contributed by atoms with Gasteiger partial charge in [0.25, 0.3) is 5.69 Å². The molecule has 1 saturated heterocycles. The first-order valence-corrected chi connectivity index (χ1v) is 9.88. The molecule has 30 heavy (non-hydrogen) atoms. The molecular weight excluding hydrogens is 380 g/mol. The van der Waals surface area contributed by atoms with Crippen molar-refractivity contribution in [1.29, 1.82) is 0 Å². The number of para-hydroxylation sites is 2. The van der Waals surface area contributed by atoms with Crippen LogP contribution in [0.5, 0.6) is 0 Å². The highest BCUT2D eigenvalue weighted by Crippen LogP contribution is 2.61. The number of benzene rings is 3. The van der Waals surface area contributed by atoms with Crippen molar-refractivity contribution in [3.63, 3.8) is 0 Å². The lowest BCUT2D eigenvalue weighted by Crippen LogP contribution is -2.41. The van der Waals surface area contributed by atoms with Crippen molar-refractivity contribution in [1.82, 2.24) is 0 Å². The molecule has 2 amide bonds. The summed E-state index contributed by atoms with van der Waals surface area (Å²) < 4.78 is 0. The van der Waals surface area contributed by atoms with Crippen molar-refractivity contribution >= 4 is 23.2 Å². The molecule has 0 unspecified atom stereocenters. The lowest BCUT2D eigenvalue weighted by atomic mass is 9.55. The van der Waals surface area contributed by atoms with Crippen LogP contribution in [0.25, 0.3) is 0 Å². The minimum Gasteiger partial charge on any atom is -0.274 e. The third-order valence-electron chi connectivity index (χ3n) is 6.77. The van der Waals surface area contributed by atoms with Crippen LogP contribution in [-0.4, -0.2) is 16.7 Å². The molecule has 1 heterocycles. The monoisotopic (exact) mass is 396 g/mol. The number of nitrogens with zero attached hydrogens (tertiary/aromatic N) is 2. The zero-order valence-corrected chi connectivity index (χ0v) is 15.8. The van der Waals surface area contributed by atoms with Crippen LogP contribution in [0.1, 0.15) is 34.1 Å². The van der Waals surface area contributed by atoms with E-state index in [-0.39, 0.29) is 35.0 Å². The van der Waals surface area contributed by atoms with Crippen LogP contribution >= 0.6 is 0 Å². The first-order chi connectivity index (χ1) is 14.6. The molecule has 0 N–H and O–H groups in total. The van der Waals surface area contributed by atoms with E-state index in [0.717, 1.165) is 27.2 Å². The van der Waals surface area contributed by atoms with E-state index in [4.69, 9.17) is 0 Å². The molecule has 0 radical (unpaired) electrons. The van der Waals surface area contributed by atoms with Gasteiger partial charge < -0.3 is 0 Å². The smallest absolute Gasteiger partial charge is 0.274 e. The summed E-state index contributed by atoms with van der Waals surface area (Å²) >= 11 is 0. The fourth-order valence-corrected chi connectivity index (χ4v) is 5.72. The number of amides is 2. The fraction of sp³-hybridized carbons (Fsp3) is 0.167. The summed E-state index contributed by atoms with van der Waals surface area (Å²) in [6.45, 7) is 0. The Hall–Kier alpha value is -3.80. The van der Waals surface area contributed by atoms with Gasteiger partial charge in [-0.05, 0) is 28.3 Å². The highest BCUT2D eigenvalue weighted by atomic mass is 16.6. The molecule has 6 heteroatoms. The van der Waals surface area contributed by atoms with Gasteiger partial charge in [0, 0.05) is 17.9 Å². The first-order valence-electron chi connectivity index (χ1n) is 9.88. The van der Waals surface area contributed by atoms with Crippen molar-refractivity contribution < 1.29 is 14.5 Å². The minimum absolute atomic E-state index is 0.0550. The van der Waals surface area contributed by atoms with Crippen molar-refractivity contribution in [2.45, 2.75) is 11.8 Å². The number of carbonyl (C=O) groups excluding carboxylic acids is 2. The van der Waals surface area contributed by atoms with E-state index in [0.29, 0.717) is 0 Å². The van der Waals surface area contributed by atoms with Crippen molar-refractivity contribution in [2.75, 3.05) is 4.90 Å². The minimum atomic E-state index is -0.549. The highest BCUT2D eigenvalue weighted by Gasteiger charge is 2.62. The zero-order valence-electron chi connectivity index (χ0n) is 15.8. The quantitative estimate of drug-likeness (QED) is 0.373. The number of hydrogen-bond acceptors (Lipinski definition) is 4. The van der Waals surface area contributed by atoms with Gasteiger partial charge in [-0.2, -0.15) is 0 Å². The molecule has 0 spiro atoms. The number of hydrogen-bond donors (Lipinski definition) is 0. The van der Waals surface area contributed by atoms with Crippen LogP contribution < -0.4 is 4.90 Å². The van der Waals surface area contributed by atoms with Gasteiger partial charge in [-0.1, -0.05) is 60.7 Å². The third kappa shape index (κ3) is 1.98. The van der Waals surface area contributed by atoms with E-state index in [1.165, 1.54) is 18.2 Å². The number of nitro benzene ring substituents is 1. The molecular formula is C24H16N2O4. The molecule has 0 aromatic heterocycles. The molecule has 3 aliphatic carbocycles. The topological polar surface area (TPSA) is 80.5 Å². The average molecular weight is 396 g/mol. The van der Waals surface area contributed by atoms with Gasteiger partial charge in [0.05, 0.1) is 16.8 Å². The average Bonchev–Trinajstić information content (AvgIpc) is 3.04. The lowest BCUT2D eigenvalue weighted by molar-refractivity contribution is -0.384. The largest absolute Gasteiger partial charge is 0.293 e. The number of nitro groups is 1. The number of carbonyl (C=O) groups is 2. The van der Waals surface area contributed by atoms with Gasteiger partial charge in [0.2, 0.25) is 11.8 Å². The lowest BCUT2D eigenvalue weighted by Gasteiger charge is -2.45. The second-order valence-corrected chi connectivity index (χ2v) is 8.02. The van der Waals surface area contributed by atoms with Crippen LogP contribution in [0.3, 0.4) is 0 Å². The summed E-state index contributed by atoms with van der Waals surface area (Å²) in [6.07, 6.45) is 0. The van der Waals surface area contributed by atoms with E-state index in [1.807, 2.05) is 48.5 Å². The number of anilines is 1. The summed E-state index contributed by atoms with van der Waals surface area (Å²) in [7, 11) is 0. The maximum absolute atomic E-state index is 13.6. The Balaban J connectivity index is 1.58. The first kappa shape index (κ1) is 17.1. The Bertz CT molecular complexity index is 1150. The van der Waals surface area contributed by atoms with Gasteiger partial charge in [-0.3, -0.25) is 19.7 Å². The van der Waals surface area contributed by atoms with Crippen molar-refractivity contribution in [3.8, 4) is 0 Å². The van der Waals surface area contributed by atoms with Crippen LogP contribution in [0, 0.1) is 22.0 Å². The van der Waals surface area contributed by atoms with Gasteiger partial charge in [-0.15, -0.1) is 0 Å². The Morgan fingerprint density at radius 2 is 1.07 bits per heavy atom. The molecule has 146 valence electrons.